The van der Waals surface area contributed by atoms with E-state index in [1.165, 1.54) is 10.5 Å². The number of hydrogen-bond acceptors (Lipinski definition) is 5. The average Bonchev–Trinajstić information content (AvgIpc) is 3.02. The summed E-state index contributed by atoms with van der Waals surface area (Å²) in [5.74, 6) is -0.0877. The Kier molecular flexibility index (Phi) is 3.60. The van der Waals surface area contributed by atoms with Crippen LogP contribution in [0.3, 0.4) is 0 Å². The summed E-state index contributed by atoms with van der Waals surface area (Å²) in [6.07, 6.45) is 6.92. The molecular weight excluding hydrogens is 294 g/mol. The number of fused-ring (bicyclic) bond motifs is 1. The zero-order chi connectivity index (χ0) is 14.9. The summed E-state index contributed by atoms with van der Waals surface area (Å²) >= 11 is 0. The van der Waals surface area contributed by atoms with Crippen LogP contribution in [0.15, 0.2) is 24.8 Å². The molecule has 8 nitrogen and oxygen atoms in total. The predicted molar refractivity (Wildman–Crippen MR) is 75.3 cm³/mol. The van der Waals surface area contributed by atoms with Crippen molar-refractivity contribution < 1.29 is 13.2 Å². The topological polar surface area (TPSA) is 96.7 Å². The first-order valence-electron chi connectivity index (χ1n) is 6.61. The predicted octanol–water partition coefficient (Wildman–Crippen LogP) is -0.505. The number of hydrogen-bond donors (Lipinski definition) is 1. The second-order valence-electron chi connectivity index (χ2n) is 4.79. The lowest BCUT2D eigenvalue weighted by atomic mass is 10.3. The second kappa shape index (κ2) is 5.41. The fourth-order valence-corrected chi connectivity index (χ4v) is 3.87. The monoisotopic (exact) mass is 309 g/mol. The summed E-state index contributed by atoms with van der Waals surface area (Å²) in [4.78, 5) is 16.1. The maximum atomic E-state index is 12.1. The molecule has 3 heterocycles. The van der Waals surface area contributed by atoms with Crippen molar-refractivity contribution in [2.45, 2.75) is 6.42 Å². The van der Waals surface area contributed by atoms with Gasteiger partial charge in [0.15, 0.2) is 0 Å². The van der Waals surface area contributed by atoms with Crippen LogP contribution in [-0.4, -0.2) is 58.6 Å². The van der Waals surface area contributed by atoms with Crippen LogP contribution in [0.1, 0.15) is 16.8 Å². The van der Waals surface area contributed by atoms with Gasteiger partial charge in [-0.3, -0.25) is 9.78 Å². The number of carbonyl (C=O) groups is 1. The molecule has 1 fully saturated rings. The normalized spacial score (nSPS) is 18.1. The van der Waals surface area contributed by atoms with E-state index in [-0.39, 0.29) is 18.2 Å². The lowest BCUT2D eigenvalue weighted by Gasteiger charge is -2.14. The zero-order valence-electron chi connectivity index (χ0n) is 11.3. The molecule has 0 unspecified atom stereocenters. The van der Waals surface area contributed by atoms with Crippen molar-refractivity contribution in [3.63, 3.8) is 0 Å². The highest BCUT2D eigenvalue weighted by atomic mass is 32.2. The van der Waals surface area contributed by atoms with Gasteiger partial charge in [-0.15, -0.1) is 0 Å². The maximum Gasteiger partial charge on any atom is 0.255 e. The minimum Gasteiger partial charge on any atom is -0.351 e. The highest BCUT2D eigenvalue weighted by Crippen LogP contribution is 2.12. The Labute approximate surface area is 121 Å². The number of nitrogens with one attached hydrogen (secondary N) is 1. The Balaban J connectivity index is 1.62. The van der Waals surface area contributed by atoms with Crippen molar-refractivity contribution in [3.05, 3.63) is 30.4 Å². The molecule has 112 valence electrons. The molecule has 0 spiro atoms. The van der Waals surface area contributed by atoms with E-state index in [9.17, 15) is 13.2 Å². The molecule has 1 saturated heterocycles. The number of sulfonamides is 1. The first-order chi connectivity index (χ1) is 10.1. The van der Waals surface area contributed by atoms with Crippen molar-refractivity contribution in [1.82, 2.24) is 24.2 Å². The lowest BCUT2D eigenvalue weighted by molar-refractivity contribution is 0.0953. The van der Waals surface area contributed by atoms with Crippen LogP contribution in [-0.2, 0) is 10.0 Å². The van der Waals surface area contributed by atoms with Gasteiger partial charge in [-0.05, 0) is 6.42 Å². The molecule has 0 bridgehead atoms. The second-order valence-corrected chi connectivity index (χ2v) is 6.88. The highest BCUT2D eigenvalue weighted by molar-refractivity contribution is 7.89. The van der Waals surface area contributed by atoms with Crippen LogP contribution >= 0.6 is 0 Å². The van der Waals surface area contributed by atoms with Crippen LogP contribution in [0.4, 0.5) is 0 Å². The van der Waals surface area contributed by atoms with Gasteiger partial charge in [0, 0.05) is 32.0 Å². The number of nitrogens with zero attached hydrogens (tertiary/aromatic N) is 4. The molecule has 1 N–H and O–H groups in total. The lowest BCUT2D eigenvalue weighted by Crippen LogP contribution is -2.35. The third kappa shape index (κ3) is 2.74. The van der Waals surface area contributed by atoms with Crippen molar-refractivity contribution in [2.24, 2.45) is 0 Å². The summed E-state index contributed by atoms with van der Waals surface area (Å²) in [7, 11) is -3.12. The molecule has 1 aliphatic rings. The smallest absolute Gasteiger partial charge is 0.255 e. The molecule has 2 aromatic rings. The van der Waals surface area contributed by atoms with E-state index >= 15 is 0 Å². The van der Waals surface area contributed by atoms with Gasteiger partial charge in [-0.25, -0.2) is 17.2 Å². The van der Waals surface area contributed by atoms with E-state index < -0.39 is 10.0 Å². The van der Waals surface area contributed by atoms with Crippen LogP contribution in [0.5, 0.6) is 0 Å². The zero-order valence-corrected chi connectivity index (χ0v) is 12.1. The quantitative estimate of drug-likeness (QED) is 0.821. The van der Waals surface area contributed by atoms with E-state index in [0.29, 0.717) is 30.6 Å². The van der Waals surface area contributed by atoms with Crippen molar-refractivity contribution in [3.8, 4) is 0 Å². The number of amides is 1. The van der Waals surface area contributed by atoms with Crippen molar-refractivity contribution in [1.29, 1.82) is 0 Å². The molecule has 0 atom stereocenters. The third-order valence-electron chi connectivity index (χ3n) is 3.42. The molecule has 1 amide bonds. The first-order valence-corrected chi connectivity index (χ1v) is 8.22. The molecular formula is C12H15N5O3S. The summed E-state index contributed by atoms with van der Waals surface area (Å²) in [5, 5.41) is 6.77. The van der Waals surface area contributed by atoms with E-state index in [2.05, 4.69) is 15.4 Å². The Hall–Kier alpha value is -2.00. The van der Waals surface area contributed by atoms with Crippen LogP contribution in [0, 0.1) is 0 Å². The molecule has 3 rings (SSSR count). The van der Waals surface area contributed by atoms with E-state index in [1.54, 1.807) is 23.1 Å². The molecule has 0 saturated carbocycles. The standard InChI is InChI=1S/C12H15N5O3S/c18-12(10-8-15-17-6-2-13-9-11(10)17)14-3-5-16-4-1-7-21(16,19)20/h2,6,8-9H,1,3-5,7H2,(H,14,18). The molecule has 0 aliphatic carbocycles. The van der Waals surface area contributed by atoms with Crippen LogP contribution < -0.4 is 5.32 Å². The Morgan fingerprint density at radius 3 is 3.00 bits per heavy atom. The van der Waals surface area contributed by atoms with Gasteiger partial charge < -0.3 is 5.32 Å². The van der Waals surface area contributed by atoms with Gasteiger partial charge >= 0.3 is 0 Å². The Bertz CT molecular complexity index is 770. The van der Waals surface area contributed by atoms with Crippen LogP contribution in [0.25, 0.3) is 5.52 Å². The van der Waals surface area contributed by atoms with Crippen LogP contribution in [0.2, 0.25) is 0 Å². The van der Waals surface area contributed by atoms with Crippen molar-refractivity contribution >= 4 is 21.4 Å². The SMILES string of the molecule is O=C(NCCN1CCCS1(=O)=O)c1cnn2ccncc12. The fraction of sp³-hybridized carbons (Fsp3) is 0.417. The highest BCUT2D eigenvalue weighted by Gasteiger charge is 2.27. The van der Waals surface area contributed by atoms with Gasteiger partial charge in [0.2, 0.25) is 10.0 Å². The van der Waals surface area contributed by atoms with E-state index in [4.69, 9.17) is 0 Å². The number of aromatic nitrogens is 3. The summed E-state index contributed by atoms with van der Waals surface area (Å²) < 4.78 is 26.2. The Morgan fingerprint density at radius 1 is 1.38 bits per heavy atom. The van der Waals surface area contributed by atoms with Gasteiger partial charge in [0.25, 0.3) is 5.91 Å². The first kappa shape index (κ1) is 14.0. The molecule has 0 aromatic carbocycles. The van der Waals surface area contributed by atoms with Gasteiger partial charge in [-0.2, -0.15) is 5.10 Å². The average molecular weight is 309 g/mol. The molecule has 1 aliphatic heterocycles. The van der Waals surface area contributed by atoms with Gasteiger partial charge in [-0.1, -0.05) is 0 Å². The summed E-state index contributed by atoms with van der Waals surface area (Å²) in [6.45, 7) is 1.10. The minimum absolute atomic E-state index is 0.195. The summed E-state index contributed by atoms with van der Waals surface area (Å²) in [5.41, 5.74) is 1.04. The number of rotatable bonds is 4. The van der Waals surface area contributed by atoms with E-state index in [1.807, 2.05) is 0 Å². The minimum atomic E-state index is -3.12. The van der Waals surface area contributed by atoms with E-state index in [0.717, 1.165) is 0 Å². The summed E-state index contributed by atoms with van der Waals surface area (Å²) in [6, 6.07) is 0. The Morgan fingerprint density at radius 2 is 2.24 bits per heavy atom. The largest absolute Gasteiger partial charge is 0.351 e. The van der Waals surface area contributed by atoms with Gasteiger partial charge in [0.05, 0.1) is 29.2 Å². The van der Waals surface area contributed by atoms with Gasteiger partial charge in [0.1, 0.15) is 0 Å². The van der Waals surface area contributed by atoms with Crippen molar-refractivity contribution in [2.75, 3.05) is 25.4 Å². The maximum absolute atomic E-state index is 12.1. The molecule has 0 radical (unpaired) electrons. The molecule has 9 heteroatoms. The molecule has 21 heavy (non-hydrogen) atoms. The number of carbonyl (C=O) groups excluding carboxylic acids is 1. The fourth-order valence-electron chi connectivity index (χ4n) is 2.34. The molecule has 2 aromatic heterocycles. The third-order valence-corrected chi connectivity index (χ3v) is 5.38.